The van der Waals surface area contributed by atoms with Gasteiger partial charge in [0.05, 0.1) is 0 Å². The van der Waals surface area contributed by atoms with E-state index in [1.807, 2.05) is 11.3 Å². The molecule has 1 aliphatic heterocycles. The summed E-state index contributed by atoms with van der Waals surface area (Å²) in [6.07, 6.45) is 4.83. The molecule has 2 rings (SSSR count). The fourth-order valence-corrected chi connectivity index (χ4v) is 4.13. The van der Waals surface area contributed by atoms with Gasteiger partial charge in [-0.25, -0.2) is 0 Å². The Hall–Kier alpha value is -0.420. The number of rotatable bonds is 6. The van der Waals surface area contributed by atoms with Crippen LogP contribution in [0.2, 0.25) is 0 Å². The monoisotopic (exact) mass is 309 g/mol. The lowest BCUT2D eigenvalue weighted by molar-refractivity contribution is 0.106. The molecule has 0 bridgehead atoms. The molecule has 1 saturated heterocycles. The van der Waals surface area contributed by atoms with Crippen LogP contribution in [0.1, 0.15) is 38.0 Å². The zero-order valence-electron chi connectivity index (χ0n) is 13.8. The van der Waals surface area contributed by atoms with Gasteiger partial charge in [0.1, 0.15) is 0 Å². The first kappa shape index (κ1) is 16.9. The summed E-state index contributed by atoms with van der Waals surface area (Å²) in [6.45, 7) is 8.89. The van der Waals surface area contributed by atoms with Crippen LogP contribution in [0.25, 0.3) is 0 Å². The maximum atomic E-state index is 6.22. The Kier molecular flexibility index (Phi) is 6.23. The van der Waals surface area contributed by atoms with Gasteiger partial charge in [-0.15, -0.1) is 11.3 Å². The van der Waals surface area contributed by atoms with Gasteiger partial charge in [0, 0.05) is 36.1 Å². The highest BCUT2D eigenvalue weighted by Gasteiger charge is 2.35. The Morgan fingerprint density at radius 1 is 1.38 bits per heavy atom. The Labute approximate surface area is 134 Å². The summed E-state index contributed by atoms with van der Waals surface area (Å²) in [5.41, 5.74) is 6.42. The van der Waals surface area contributed by atoms with Crippen LogP contribution >= 0.6 is 11.3 Å². The Morgan fingerprint density at radius 2 is 2.19 bits per heavy atom. The van der Waals surface area contributed by atoms with Gasteiger partial charge in [-0.3, -0.25) is 4.90 Å². The van der Waals surface area contributed by atoms with E-state index >= 15 is 0 Å². The van der Waals surface area contributed by atoms with E-state index < -0.39 is 0 Å². The summed E-state index contributed by atoms with van der Waals surface area (Å²) in [7, 11) is 2.27. The first-order valence-electron chi connectivity index (χ1n) is 8.25. The number of likely N-dealkylation sites (N-methyl/N-ethyl adjacent to an activating group) is 1. The normalized spacial score (nSPS) is 24.7. The average molecular weight is 310 g/mol. The number of thiophene rings is 1. The number of hydrogen-bond donors (Lipinski definition) is 1. The van der Waals surface area contributed by atoms with Gasteiger partial charge in [-0.1, -0.05) is 6.07 Å². The minimum absolute atomic E-state index is 0.195. The third-order valence-corrected chi connectivity index (χ3v) is 6.08. The molecular formula is C17H31N3S. The second-order valence-electron chi connectivity index (χ2n) is 6.66. The van der Waals surface area contributed by atoms with Gasteiger partial charge in [-0.2, -0.15) is 0 Å². The predicted octanol–water partition coefficient (Wildman–Crippen LogP) is 2.81. The second kappa shape index (κ2) is 7.73. The Morgan fingerprint density at radius 3 is 2.81 bits per heavy atom. The van der Waals surface area contributed by atoms with Crippen LogP contribution < -0.4 is 5.73 Å². The van der Waals surface area contributed by atoms with Crippen LogP contribution in [-0.2, 0) is 6.42 Å². The highest BCUT2D eigenvalue weighted by Crippen LogP contribution is 2.28. The molecule has 3 nitrogen and oxygen atoms in total. The SMILES string of the molecule is CC(C)N1CCCC(CN)(N(C)CCc2cccs2)CC1. The molecule has 0 saturated carbocycles. The van der Waals surface area contributed by atoms with Crippen molar-refractivity contribution >= 4 is 11.3 Å². The van der Waals surface area contributed by atoms with Crippen molar-refractivity contribution in [2.45, 2.75) is 51.1 Å². The van der Waals surface area contributed by atoms with Gasteiger partial charge in [0.15, 0.2) is 0 Å². The third-order valence-electron chi connectivity index (χ3n) is 5.15. The molecule has 0 aromatic carbocycles. The molecule has 1 aliphatic rings. The van der Waals surface area contributed by atoms with E-state index in [9.17, 15) is 0 Å². The molecule has 0 radical (unpaired) electrons. The minimum Gasteiger partial charge on any atom is -0.329 e. The molecule has 120 valence electrons. The lowest BCUT2D eigenvalue weighted by Gasteiger charge is -2.41. The Balaban J connectivity index is 1.95. The molecule has 2 N–H and O–H groups in total. The summed E-state index contributed by atoms with van der Waals surface area (Å²) in [5.74, 6) is 0. The van der Waals surface area contributed by atoms with Gasteiger partial charge in [0.2, 0.25) is 0 Å². The quantitative estimate of drug-likeness (QED) is 0.877. The van der Waals surface area contributed by atoms with Crippen LogP contribution in [0.15, 0.2) is 17.5 Å². The van der Waals surface area contributed by atoms with Crippen LogP contribution in [0, 0.1) is 0 Å². The average Bonchev–Trinajstić information content (AvgIpc) is 2.89. The van der Waals surface area contributed by atoms with E-state index in [1.165, 1.54) is 37.2 Å². The maximum Gasteiger partial charge on any atom is 0.0341 e. The highest BCUT2D eigenvalue weighted by molar-refractivity contribution is 7.09. The minimum atomic E-state index is 0.195. The van der Waals surface area contributed by atoms with Gasteiger partial charge in [0.25, 0.3) is 0 Å². The predicted molar refractivity (Wildman–Crippen MR) is 93.0 cm³/mol. The lowest BCUT2D eigenvalue weighted by Crippen LogP contribution is -2.53. The zero-order valence-corrected chi connectivity index (χ0v) is 14.7. The molecule has 21 heavy (non-hydrogen) atoms. The van der Waals surface area contributed by atoms with Crippen LogP contribution in [0.3, 0.4) is 0 Å². The van der Waals surface area contributed by atoms with E-state index in [4.69, 9.17) is 5.73 Å². The van der Waals surface area contributed by atoms with Crippen molar-refractivity contribution in [1.82, 2.24) is 9.80 Å². The van der Waals surface area contributed by atoms with Crippen molar-refractivity contribution in [3.05, 3.63) is 22.4 Å². The van der Waals surface area contributed by atoms with Crippen molar-refractivity contribution in [1.29, 1.82) is 0 Å². The van der Waals surface area contributed by atoms with Gasteiger partial charge < -0.3 is 10.6 Å². The third kappa shape index (κ3) is 4.28. The van der Waals surface area contributed by atoms with Crippen molar-refractivity contribution in [2.24, 2.45) is 5.73 Å². The smallest absolute Gasteiger partial charge is 0.0341 e. The molecule has 0 aliphatic carbocycles. The van der Waals surface area contributed by atoms with E-state index in [-0.39, 0.29) is 5.54 Å². The van der Waals surface area contributed by atoms with Crippen molar-refractivity contribution in [2.75, 3.05) is 33.2 Å². The molecular weight excluding hydrogens is 278 g/mol. The van der Waals surface area contributed by atoms with Crippen LogP contribution in [0.5, 0.6) is 0 Å². The van der Waals surface area contributed by atoms with Crippen LogP contribution in [-0.4, -0.2) is 54.6 Å². The molecule has 0 spiro atoms. The fourth-order valence-electron chi connectivity index (χ4n) is 3.43. The molecule has 1 fully saturated rings. The molecule has 4 heteroatoms. The molecule has 2 heterocycles. The number of nitrogens with zero attached hydrogens (tertiary/aromatic N) is 2. The summed E-state index contributed by atoms with van der Waals surface area (Å²) < 4.78 is 0. The number of likely N-dealkylation sites (tertiary alicyclic amines) is 1. The number of nitrogens with two attached hydrogens (primary N) is 1. The first-order valence-corrected chi connectivity index (χ1v) is 9.13. The van der Waals surface area contributed by atoms with E-state index in [0.29, 0.717) is 6.04 Å². The van der Waals surface area contributed by atoms with Crippen LogP contribution in [0.4, 0.5) is 0 Å². The molecule has 1 unspecified atom stereocenters. The van der Waals surface area contributed by atoms with E-state index in [0.717, 1.165) is 19.5 Å². The summed E-state index contributed by atoms with van der Waals surface area (Å²) in [6, 6.07) is 5.03. The van der Waals surface area contributed by atoms with E-state index in [1.54, 1.807) is 0 Å². The molecule has 1 aromatic rings. The lowest BCUT2D eigenvalue weighted by atomic mass is 9.88. The highest BCUT2D eigenvalue weighted by atomic mass is 32.1. The summed E-state index contributed by atoms with van der Waals surface area (Å²) >= 11 is 1.86. The second-order valence-corrected chi connectivity index (χ2v) is 7.69. The maximum absolute atomic E-state index is 6.22. The summed E-state index contributed by atoms with van der Waals surface area (Å²) in [5, 5.41) is 2.17. The fraction of sp³-hybridized carbons (Fsp3) is 0.765. The van der Waals surface area contributed by atoms with Crippen molar-refractivity contribution < 1.29 is 0 Å². The topological polar surface area (TPSA) is 32.5 Å². The number of hydrogen-bond acceptors (Lipinski definition) is 4. The molecule has 1 atom stereocenters. The summed E-state index contributed by atoms with van der Waals surface area (Å²) in [4.78, 5) is 6.62. The largest absolute Gasteiger partial charge is 0.329 e. The van der Waals surface area contributed by atoms with E-state index in [2.05, 4.69) is 48.2 Å². The molecule has 0 amide bonds. The van der Waals surface area contributed by atoms with Crippen molar-refractivity contribution in [3.63, 3.8) is 0 Å². The zero-order chi connectivity index (χ0) is 15.3. The van der Waals surface area contributed by atoms with Crippen molar-refractivity contribution in [3.8, 4) is 0 Å². The Bertz CT molecular complexity index is 404. The molecule has 1 aromatic heterocycles. The standard InChI is InChI=1S/C17H31N3S/c1-15(2)20-10-5-8-17(14-18,9-12-20)19(3)11-7-16-6-4-13-21-16/h4,6,13,15H,5,7-12,14,18H2,1-3H3. The van der Waals surface area contributed by atoms with Gasteiger partial charge in [-0.05, 0) is 64.6 Å². The van der Waals surface area contributed by atoms with Gasteiger partial charge >= 0.3 is 0 Å². The first-order chi connectivity index (χ1) is 10.1.